The van der Waals surface area contributed by atoms with E-state index in [0.717, 1.165) is 18.4 Å². The molecular formula is C25H41N3O5S. The number of nitrogens with zero attached hydrogens (tertiary/aromatic N) is 3. The summed E-state index contributed by atoms with van der Waals surface area (Å²) in [5.74, 6) is -0.390. The van der Waals surface area contributed by atoms with Crippen molar-refractivity contribution in [1.29, 1.82) is 0 Å². The lowest BCUT2D eigenvalue weighted by atomic mass is 10.0. The molecule has 0 bridgehead atoms. The third-order valence-corrected chi connectivity index (χ3v) is 8.10. The van der Waals surface area contributed by atoms with E-state index in [1.807, 2.05) is 19.0 Å². The van der Waals surface area contributed by atoms with Crippen LogP contribution in [0.15, 0.2) is 17.0 Å². The van der Waals surface area contributed by atoms with Crippen molar-refractivity contribution in [3.05, 3.63) is 28.8 Å². The van der Waals surface area contributed by atoms with Gasteiger partial charge in [-0.2, -0.15) is 4.31 Å². The maximum absolute atomic E-state index is 13.5. The third kappa shape index (κ3) is 7.52. The van der Waals surface area contributed by atoms with E-state index in [4.69, 9.17) is 4.74 Å². The van der Waals surface area contributed by atoms with Gasteiger partial charge in [0.2, 0.25) is 10.0 Å². The Balaban J connectivity index is 2.39. The second kappa shape index (κ2) is 11.2. The Morgan fingerprint density at radius 3 is 2.21 bits per heavy atom. The van der Waals surface area contributed by atoms with Crippen molar-refractivity contribution in [2.24, 2.45) is 5.92 Å². The van der Waals surface area contributed by atoms with Gasteiger partial charge in [-0.25, -0.2) is 8.42 Å². The highest BCUT2D eigenvalue weighted by atomic mass is 32.2. The zero-order chi connectivity index (χ0) is 25.8. The molecule has 1 aromatic carbocycles. The highest BCUT2D eigenvalue weighted by Gasteiger charge is 2.31. The van der Waals surface area contributed by atoms with Crippen molar-refractivity contribution in [2.45, 2.75) is 64.9 Å². The summed E-state index contributed by atoms with van der Waals surface area (Å²) >= 11 is 0. The van der Waals surface area contributed by atoms with Crippen LogP contribution in [0.1, 0.15) is 62.0 Å². The molecule has 0 unspecified atom stereocenters. The number of carbonyl (C=O) groups excluding carboxylic acids is 2. The number of benzene rings is 1. The van der Waals surface area contributed by atoms with Gasteiger partial charge in [0.05, 0.1) is 4.90 Å². The maximum Gasteiger partial charge on any atom is 0.326 e. The van der Waals surface area contributed by atoms with Gasteiger partial charge in [0.1, 0.15) is 12.1 Å². The first kappa shape index (κ1) is 28.3. The zero-order valence-electron chi connectivity index (χ0n) is 22.0. The van der Waals surface area contributed by atoms with E-state index in [-0.39, 0.29) is 22.9 Å². The number of hydrogen-bond donors (Lipinski definition) is 0. The lowest BCUT2D eigenvalue weighted by Gasteiger charge is -2.30. The summed E-state index contributed by atoms with van der Waals surface area (Å²) in [7, 11) is 0.0400. The molecule has 1 aliphatic heterocycles. The van der Waals surface area contributed by atoms with Crippen LogP contribution in [-0.2, 0) is 19.6 Å². The summed E-state index contributed by atoms with van der Waals surface area (Å²) in [6.07, 6.45) is 1.65. The van der Waals surface area contributed by atoms with Crippen LogP contribution < -0.4 is 0 Å². The molecular weight excluding hydrogens is 454 g/mol. The second-order valence-corrected chi connectivity index (χ2v) is 12.5. The Bertz CT molecular complexity index is 991. The van der Waals surface area contributed by atoms with Crippen LogP contribution in [0.2, 0.25) is 0 Å². The largest absolute Gasteiger partial charge is 0.459 e. The van der Waals surface area contributed by atoms with Gasteiger partial charge >= 0.3 is 5.97 Å². The first-order chi connectivity index (χ1) is 15.6. The highest BCUT2D eigenvalue weighted by molar-refractivity contribution is 7.89. The minimum atomic E-state index is -3.73. The normalized spacial score (nSPS) is 16.0. The number of likely N-dealkylation sites (N-methyl/N-ethyl adjacent to an activating group) is 1. The number of aryl methyl sites for hydroxylation is 1. The fraction of sp³-hybridized carbons (Fsp3) is 0.680. The van der Waals surface area contributed by atoms with Gasteiger partial charge < -0.3 is 14.5 Å². The monoisotopic (exact) mass is 495 g/mol. The number of rotatable bonds is 8. The SMILES string of the molecule is Cc1cc(C(=O)N(CCN(C)C)CC(=O)OC(C)(C)C)cc(S(=O)(=O)N2CCC(C)CC2)c1C. The van der Waals surface area contributed by atoms with Crippen LogP contribution in [0.3, 0.4) is 0 Å². The molecule has 1 aromatic rings. The lowest BCUT2D eigenvalue weighted by molar-refractivity contribution is -0.155. The highest BCUT2D eigenvalue weighted by Crippen LogP contribution is 2.28. The molecule has 0 aromatic heterocycles. The summed E-state index contributed by atoms with van der Waals surface area (Å²) in [5, 5.41) is 0. The van der Waals surface area contributed by atoms with E-state index in [9.17, 15) is 18.0 Å². The van der Waals surface area contributed by atoms with Gasteiger partial charge in [-0.1, -0.05) is 6.92 Å². The molecule has 192 valence electrons. The van der Waals surface area contributed by atoms with E-state index in [0.29, 0.717) is 37.7 Å². The topological polar surface area (TPSA) is 87.2 Å². The fourth-order valence-electron chi connectivity index (χ4n) is 3.87. The summed E-state index contributed by atoms with van der Waals surface area (Å²) in [5.41, 5.74) is 0.956. The summed E-state index contributed by atoms with van der Waals surface area (Å²) in [6.45, 7) is 12.7. The standard InChI is InChI=1S/C25H41N3O5S/c1-18-9-11-28(12-10-18)34(31,32)22-16-21(15-19(2)20(22)3)24(30)27(14-13-26(7)8)17-23(29)33-25(4,5)6/h15-16,18H,9-14,17H2,1-8H3. The average molecular weight is 496 g/mol. The van der Waals surface area contributed by atoms with Crippen LogP contribution in [0.4, 0.5) is 0 Å². The minimum Gasteiger partial charge on any atom is -0.459 e. The molecule has 8 nitrogen and oxygen atoms in total. The fourth-order valence-corrected chi connectivity index (χ4v) is 5.66. The average Bonchev–Trinajstić information content (AvgIpc) is 2.71. The molecule has 1 amide bonds. The number of amides is 1. The van der Waals surface area contributed by atoms with Crippen molar-refractivity contribution >= 4 is 21.9 Å². The van der Waals surface area contributed by atoms with Gasteiger partial charge in [-0.15, -0.1) is 0 Å². The molecule has 1 heterocycles. The van der Waals surface area contributed by atoms with Crippen LogP contribution >= 0.6 is 0 Å². The Labute approximate surface area is 205 Å². The van der Waals surface area contributed by atoms with E-state index in [1.165, 1.54) is 15.3 Å². The van der Waals surface area contributed by atoms with E-state index < -0.39 is 21.6 Å². The molecule has 9 heteroatoms. The predicted molar refractivity (Wildman–Crippen MR) is 133 cm³/mol. The second-order valence-electron chi connectivity index (χ2n) is 10.6. The Morgan fingerprint density at radius 1 is 1.09 bits per heavy atom. The molecule has 34 heavy (non-hydrogen) atoms. The molecule has 1 saturated heterocycles. The lowest BCUT2D eigenvalue weighted by Crippen LogP contribution is -2.42. The molecule has 0 aliphatic carbocycles. The van der Waals surface area contributed by atoms with Crippen molar-refractivity contribution in [3.63, 3.8) is 0 Å². The van der Waals surface area contributed by atoms with Crippen molar-refractivity contribution in [3.8, 4) is 0 Å². The van der Waals surface area contributed by atoms with Crippen molar-refractivity contribution in [1.82, 2.24) is 14.1 Å². The Morgan fingerprint density at radius 2 is 1.68 bits per heavy atom. The maximum atomic E-state index is 13.5. The number of hydrogen-bond acceptors (Lipinski definition) is 6. The van der Waals surface area contributed by atoms with Crippen LogP contribution in [-0.4, -0.2) is 86.8 Å². The molecule has 1 fully saturated rings. The first-order valence-corrected chi connectivity index (χ1v) is 13.3. The summed E-state index contributed by atoms with van der Waals surface area (Å²) in [6, 6.07) is 3.17. The van der Waals surface area contributed by atoms with Gasteiger partial charge in [0.15, 0.2) is 0 Å². The van der Waals surface area contributed by atoms with Gasteiger partial charge in [0.25, 0.3) is 5.91 Å². The van der Waals surface area contributed by atoms with Gasteiger partial charge in [0, 0.05) is 31.7 Å². The van der Waals surface area contributed by atoms with Gasteiger partial charge in [-0.05, 0) is 90.7 Å². The quantitative estimate of drug-likeness (QED) is 0.515. The predicted octanol–water partition coefficient (Wildman–Crippen LogP) is 3.07. The van der Waals surface area contributed by atoms with Crippen LogP contribution in [0, 0.1) is 19.8 Å². The smallest absolute Gasteiger partial charge is 0.326 e. The molecule has 1 aliphatic rings. The third-order valence-electron chi connectivity index (χ3n) is 6.07. The molecule has 2 rings (SSSR count). The van der Waals surface area contributed by atoms with E-state index >= 15 is 0 Å². The van der Waals surface area contributed by atoms with E-state index in [1.54, 1.807) is 40.7 Å². The zero-order valence-corrected chi connectivity index (χ0v) is 22.8. The van der Waals surface area contributed by atoms with E-state index in [2.05, 4.69) is 6.92 Å². The first-order valence-electron chi connectivity index (χ1n) is 11.9. The van der Waals surface area contributed by atoms with Gasteiger partial charge in [-0.3, -0.25) is 9.59 Å². The molecule has 0 saturated carbocycles. The minimum absolute atomic E-state index is 0.162. The molecule has 0 N–H and O–H groups in total. The number of piperidine rings is 1. The summed E-state index contributed by atoms with van der Waals surface area (Å²) < 4.78 is 33.9. The molecule has 0 radical (unpaired) electrons. The van der Waals surface area contributed by atoms with Crippen LogP contribution in [0.5, 0.6) is 0 Å². The van der Waals surface area contributed by atoms with Crippen molar-refractivity contribution in [2.75, 3.05) is 46.8 Å². The number of carbonyl (C=O) groups is 2. The number of esters is 1. The van der Waals surface area contributed by atoms with Crippen LogP contribution in [0.25, 0.3) is 0 Å². The van der Waals surface area contributed by atoms with Crippen molar-refractivity contribution < 1.29 is 22.7 Å². The Kier molecular flexibility index (Phi) is 9.30. The summed E-state index contributed by atoms with van der Waals surface area (Å²) in [4.78, 5) is 29.5. The molecule has 0 atom stereocenters. The number of ether oxygens (including phenoxy) is 1. The number of sulfonamides is 1. The molecule has 0 spiro atoms. The Hall–Kier alpha value is -1.97.